The topological polar surface area (TPSA) is 108 Å². The zero-order valence-electron chi connectivity index (χ0n) is 18.9. The number of hydrogen-bond donors (Lipinski definition) is 3. The molecule has 1 aromatic carbocycles. The SMILES string of the molecule is CC1C=CC(C)N1C(=O)CON/C1=C\c2cc(O)cc(O)c2C(=O)OCCC=CCCC=C1. The molecule has 3 N–H and O–H groups in total. The average Bonchev–Trinajstić information content (AvgIpc) is 3.09. The minimum Gasteiger partial charge on any atom is -0.508 e. The van der Waals surface area contributed by atoms with Crippen LogP contribution in [0.2, 0.25) is 0 Å². The van der Waals surface area contributed by atoms with Crippen molar-refractivity contribution in [1.29, 1.82) is 0 Å². The summed E-state index contributed by atoms with van der Waals surface area (Å²) >= 11 is 0. The van der Waals surface area contributed by atoms with Crippen LogP contribution in [0, 0.1) is 0 Å². The Kier molecular flexibility index (Phi) is 8.32. The fourth-order valence-corrected chi connectivity index (χ4v) is 3.77. The third-order valence-electron chi connectivity index (χ3n) is 5.35. The normalized spacial score (nSPS) is 22.8. The Labute approximate surface area is 193 Å². The fraction of sp³-hybridized carbons (Fsp3) is 0.360. The number of hydrogen-bond acceptors (Lipinski definition) is 7. The van der Waals surface area contributed by atoms with Crippen LogP contribution in [0.25, 0.3) is 6.08 Å². The van der Waals surface area contributed by atoms with Gasteiger partial charge in [0.05, 0.1) is 12.3 Å². The maximum atomic E-state index is 12.6. The zero-order chi connectivity index (χ0) is 23.8. The number of rotatable bonds is 4. The quantitative estimate of drug-likeness (QED) is 0.362. The first-order valence-electron chi connectivity index (χ1n) is 11.0. The lowest BCUT2D eigenvalue weighted by Gasteiger charge is -2.26. The van der Waals surface area contributed by atoms with Gasteiger partial charge in [-0.25, -0.2) is 4.79 Å². The number of benzene rings is 1. The van der Waals surface area contributed by atoms with Gasteiger partial charge < -0.3 is 19.8 Å². The van der Waals surface area contributed by atoms with Crippen LogP contribution < -0.4 is 5.48 Å². The van der Waals surface area contributed by atoms with Crippen LogP contribution in [0.5, 0.6) is 11.5 Å². The summed E-state index contributed by atoms with van der Waals surface area (Å²) in [6, 6.07) is 2.44. The monoisotopic (exact) mass is 454 g/mol. The fourth-order valence-electron chi connectivity index (χ4n) is 3.77. The van der Waals surface area contributed by atoms with E-state index in [-0.39, 0.29) is 48.1 Å². The van der Waals surface area contributed by atoms with Gasteiger partial charge in [-0.2, -0.15) is 0 Å². The first-order chi connectivity index (χ1) is 15.9. The van der Waals surface area contributed by atoms with Crippen molar-refractivity contribution in [2.24, 2.45) is 0 Å². The highest BCUT2D eigenvalue weighted by atomic mass is 16.6. The molecule has 1 amide bonds. The first-order valence-corrected chi connectivity index (χ1v) is 11.0. The summed E-state index contributed by atoms with van der Waals surface area (Å²) in [7, 11) is 0. The van der Waals surface area contributed by atoms with Gasteiger partial charge in [0, 0.05) is 18.2 Å². The van der Waals surface area contributed by atoms with Crippen molar-refractivity contribution in [2.45, 2.75) is 45.2 Å². The van der Waals surface area contributed by atoms with E-state index in [0.717, 1.165) is 18.9 Å². The van der Waals surface area contributed by atoms with Crippen molar-refractivity contribution >= 4 is 18.0 Å². The number of carbonyl (C=O) groups is 2. The van der Waals surface area contributed by atoms with Gasteiger partial charge in [0.15, 0.2) is 6.61 Å². The minimum atomic E-state index is -0.701. The highest BCUT2D eigenvalue weighted by Crippen LogP contribution is 2.30. The van der Waals surface area contributed by atoms with Crippen LogP contribution in [0.3, 0.4) is 0 Å². The number of nitrogens with zero attached hydrogens (tertiary/aromatic N) is 1. The lowest BCUT2D eigenvalue weighted by atomic mass is 10.0. The van der Waals surface area contributed by atoms with Crippen molar-refractivity contribution in [3.05, 3.63) is 65.4 Å². The van der Waals surface area contributed by atoms with E-state index in [9.17, 15) is 19.8 Å². The number of esters is 1. The Hall–Kier alpha value is -3.52. The Balaban J connectivity index is 1.82. The molecule has 2 unspecified atom stereocenters. The third kappa shape index (κ3) is 6.49. The smallest absolute Gasteiger partial charge is 0.342 e. The van der Waals surface area contributed by atoms with Gasteiger partial charge in [0.1, 0.15) is 17.1 Å². The lowest BCUT2D eigenvalue weighted by molar-refractivity contribution is -0.140. The van der Waals surface area contributed by atoms with E-state index >= 15 is 0 Å². The van der Waals surface area contributed by atoms with Gasteiger partial charge in [0.2, 0.25) is 0 Å². The molecule has 1 aromatic rings. The second-order valence-electron chi connectivity index (χ2n) is 7.96. The van der Waals surface area contributed by atoms with Crippen LogP contribution in [-0.4, -0.2) is 52.3 Å². The number of phenolic OH excluding ortho intramolecular Hbond substituents is 2. The molecule has 0 bridgehead atoms. The van der Waals surface area contributed by atoms with Crippen LogP contribution in [0.15, 0.2) is 54.3 Å². The van der Waals surface area contributed by atoms with Crippen molar-refractivity contribution in [3.63, 3.8) is 0 Å². The lowest BCUT2D eigenvalue weighted by Crippen LogP contribution is -2.42. The summed E-state index contributed by atoms with van der Waals surface area (Å²) in [5.74, 6) is -1.46. The second-order valence-corrected chi connectivity index (χ2v) is 7.96. The molecule has 2 heterocycles. The third-order valence-corrected chi connectivity index (χ3v) is 5.35. The Morgan fingerprint density at radius 2 is 1.82 bits per heavy atom. The van der Waals surface area contributed by atoms with E-state index in [0.29, 0.717) is 12.1 Å². The molecule has 2 aliphatic heterocycles. The molecule has 0 aromatic heterocycles. The molecule has 33 heavy (non-hydrogen) atoms. The van der Waals surface area contributed by atoms with Crippen molar-refractivity contribution in [1.82, 2.24) is 10.4 Å². The highest BCUT2D eigenvalue weighted by molar-refractivity contribution is 5.97. The zero-order valence-corrected chi connectivity index (χ0v) is 18.9. The standard InChI is InChI=1S/C25H30N2O6/c1-17-10-11-18(2)27(17)23(30)16-33-26-20-9-7-5-3-4-6-8-12-32-25(31)24-19(13-20)14-21(28)15-22(24)29/h4,6-7,9-11,13-15,17-18,26,28-29H,3,5,8,12,16H2,1-2H3/b6-4?,9-7?,20-13-. The average molecular weight is 455 g/mol. The number of amides is 1. The molecule has 8 nitrogen and oxygen atoms in total. The van der Waals surface area contributed by atoms with E-state index < -0.39 is 11.7 Å². The van der Waals surface area contributed by atoms with Gasteiger partial charge >= 0.3 is 5.97 Å². The number of carbonyl (C=O) groups excluding carboxylic acids is 2. The summed E-state index contributed by atoms with van der Waals surface area (Å²) in [6.45, 7) is 3.87. The van der Waals surface area contributed by atoms with Crippen LogP contribution in [-0.2, 0) is 14.4 Å². The summed E-state index contributed by atoms with van der Waals surface area (Å²) in [6.07, 6.45) is 15.3. The number of aromatic hydroxyl groups is 2. The number of phenols is 2. The molecule has 0 radical (unpaired) electrons. The van der Waals surface area contributed by atoms with Gasteiger partial charge in [-0.05, 0) is 56.9 Å². The number of allylic oxidation sites excluding steroid dienone is 3. The predicted molar refractivity (Wildman–Crippen MR) is 124 cm³/mol. The molecule has 2 aliphatic rings. The van der Waals surface area contributed by atoms with Crippen LogP contribution >= 0.6 is 0 Å². The maximum absolute atomic E-state index is 12.6. The van der Waals surface area contributed by atoms with Crippen LogP contribution in [0.1, 0.15) is 49.0 Å². The van der Waals surface area contributed by atoms with E-state index in [1.54, 1.807) is 17.1 Å². The van der Waals surface area contributed by atoms with Crippen molar-refractivity contribution < 1.29 is 29.4 Å². The molecule has 0 aliphatic carbocycles. The van der Waals surface area contributed by atoms with Gasteiger partial charge in [0.25, 0.3) is 5.91 Å². The Morgan fingerprint density at radius 1 is 1.12 bits per heavy atom. The number of hydroxylamine groups is 1. The Morgan fingerprint density at radius 3 is 2.58 bits per heavy atom. The Bertz CT molecular complexity index is 983. The molecule has 176 valence electrons. The molecule has 2 atom stereocenters. The van der Waals surface area contributed by atoms with E-state index in [2.05, 4.69) is 5.48 Å². The van der Waals surface area contributed by atoms with Gasteiger partial charge in [-0.15, -0.1) is 0 Å². The maximum Gasteiger partial charge on any atom is 0.342 e. The molecule has 8 heteroatoms. The summed E-state index contributed by atoms with van der Waals surface area (Å²) in [5.41, 5.74) is 3.37. The number of ether oxygens (including phenoxy) is 1. The molecule has 0 saturated heterocycles. The number of fused-ring (bicyclic) bond motifs is 1. The van der Waals surface area contributed by atoms with Crippen LogP contribution in [0.4, 0.5) is 0 Å². The van der Waals surface area contributed by atoms with Gasteiger partial charge in [-0.3, -0.25) is 15.1 Å². The molecule has 3 rings (SSSR count). The second kappa shape index (κ2) is 11.4. The number of cyclic esters (lactones) is 1. The first kappa shape index (κ1) is 24.1. The van der Waals surface area contributed by atoms with E-state index in [1.165, 1.54) is 6.07 Å². The number of nitrogens with one attached hydrogen (secondary N) is 1. The van der Waals surface area contributed by atoms with E-state index in [1.807, 2.05) is 44.2 Å². The highest BCUT2D eigenvalue weighted by Gasteiger charge is 2.27. The molecular formula is C25H30N2O6. The minimum absolute atomic E-state index is 0.00135. The molecular weight excluding hydrogens is 424 g/mol. The summed E-state index contributed by atoms with van der Waals surface area (Å²) in [5, 5.41) is 20.2. The largest absolute Gasteiger partial charge is 0.508 e. The van der Waals surface area contributed by atoms with E-state index in [4.69, 9.17) is 9.57 Å². The van der Waals surface area contributed by atoms with Crippen molar-refractivity contribution in [3.8, 4) is 11.5 Å². The van der Waals surface area contributed by atoms with Gasteiger partial charge in [-0.1, -0.05) is 30.4 Å². The molecule has 0 fully saturated rings. The summed E-state index contributed by atoms with van der Waals surface area (Å²) in [4.78, 5) is 32.3. The summed E-state index contributed by atoms with van der Waals surface area (Å²) < 4.78 is 5.27. The van der Waals surface area contributed by atoms with Crippen molar-refractivity contribution in [2.75, 3.05) is 13.2 Å². The molecule has 0 spiro atoms. The predicted octanol–water partition coefficient (Wildman–Crippen LogP) is 3.59. The molecule has 0 saturated carbocycles.